The lowest BCUT2D eigenvalue weighted by molar-refractivity contribution is 0.616. The molecule has 5 heteroatoms. The molecule has 2 heterocycles. The Morgan fingerprint density at radius 1 is 1.20 bits per heavy atom. The van der Waals surface area contributed by atoms with Gasteiger partial charge in [-0.2, -0.15) is 5.10 Å². The summed E-state index contributed by atoms with van der Waals surface area (Å²) in [4.78, 5) is 8.86. The molecule has 0 unspecified atom stereocenters. The van der Waals surface area contributed by atoms with Crippen molar-refractivity contribution in [3.05, 3.63) is 12.0 Å². The molecular weight excluding hydrogens is 250 g/mol. The van der Waals surface area contributed by atoms with E-state index in [1.165, 1.54) is 38.5 Å². The molecule has 1 aliphatic rings. The van der Waals surface area contributed by atoms with E-state index in [-0.39, 0.29) is 0 Å². The van der Waals surface area contributed by atoms with Crippen molar-refractivity contribution in [2.45, 2.75) is 65.0 Å². The zero-order chi connectivity index (χ0) is 13.9. The van der Waals surface area contributed by atoms with Crippen molar-refractivity contribution in [1.29, 1.82) is 0 Å². The van der Waals surface area contributed by atoms with Gasteiger partial charge in [-0.15, -0.1) is 0 Å². The summed E-state index contributed by atoms with van der Waals surface area (Å²) in [6.45, 7) is 4.96. The van der Waals surface area contributed by atoms with Crippen molar-refractivity contribution >= 4 is 16.9 Å². The number of nitrogens with one attached hydrogen (secondary N) is 1. The molecular formula is C15H23N5. The van der Waals surface area contributed by atoms with Gasteiger partial charge in [0.1, 0.15) is 17.4 Å². The van der Waals surface area contributed by atoms with Gasteiger partial charge in [-0.3, -0.25) is 4.68 Å². The van der Waals surface area contributed by atoms with Crippen molar-refractivity contribution in [3.63, 3.8) is 0 Å². The van der Waals surface area contributed by atoms with Crippen LogP contribution in [0.4, 0.5) is 5.82 Å². The average molecular weight is 273 g/mol. The van der Waals surface area contributed by atoms with Crippen LogP contribution in [0.2, 0.25) is 0 Å². The minimum atomic E-state index is 0.538. The van der Waals surface area contributed by atoms with E-state index in [4.69, 9.17) is 0 Å². The molecule has 20 heavy (non-hydrogen) atoms. The Bertz CT molecular complexity index is 581. The van der Waals surface area contributed by atoms with E-state index >= 15 is 0 Å². The minimum Gasteiger partial charge on any atom is -0.365 e. The minimum absolute atomic E-state index is 0.538. The molecule has 3 rings (SSSR count). The second-order valence-corrected chi connectivity index (χ2v) is 5.65. The topological polar surface area (TPSA) is 55.6 Å². The van der Waals surface area contributed by atoms with Crippen LogP contribution in [0.5, 0.6) is 0 Å². The fourth-order valence-electron chi connectivity index (χ4n) is 3.12. The largest absolute Gasteiger partial charge is 0.365 e. The average Bonchev–Trinajstić information content (AvgIpc) is 2.64. The SMILES string of the molecule is CCn1nc(C)c2ncnc(NC3CCCCCC3)c21. The van der Waals surface area contributed by atoms with E-state index in [1.807, 2.05) is 11.6 Å². The molecule has 1 fully saturated rings. The molecule has 0 bridgehead atoms. The van der Waals surface area contributed by atoms with Crippen molar-refractivity contribution in [2.24, 2.45) is 0 Å². The maximum absolute atomic E-state index is 4.55. The molecule has 1 saturated carbocycles. The maximum Gasteiger partial charge on any atom is 0.155 e. The third-order valence-electron chi connectivity index (χ3n) is 4.19. The number of fused-ring (bicyclic) bond motifs is 1. The lowest BCUT2D eigenvalue weighted by atomic mass is 10.1. The Hall–Kier alpha value is -1.65. The van der Waals surface area contributed by atoms with Crippen LogP contribution in [-0.4, -0.2) is 25.8 Å². The summed E-state index contributed by atoms with van der Waals surface area (Å²) in [5.74, 6) is 0.948. The van der Waals surface area contributed by atoms with Crippen LogP contribution < -0.4 is 5.32 Å². The molecule has 0 amide bonds. The van der Waals surface area contributed by atoms with E-state index in [0.29, 0.717) is 6.04 Å². The van der Waals surface area contributed by atoms with Crippen LogP contribution in [-0.2, 0) is 6.54 Å². The summed E-state index contributed by atoms with van der Waals surface area (Å²) >= 11 is 0. The van der Waals surface area contributed by atoms with Gasteiger partial charge in [0.05, 0.1) is 5.69 Å². The summed E-state index contributed by atoms with van der Waals surface area (Å²) in [7, 11) is 0. The molecule has 0 aliphatic heterocycles. The van der Waals surface area contributed by atoms with Crippen molar-refractivity contribution in [2.75, 3.05) is 5.32 Å². The second kappa shape index (κ2) is 5.77. The first kappa shape index (κ1) is 13.3. The molecule has 0 radical (unpaired) electrons. The maximum atomic E-state index is 4.55. The van der Waals surface area contributed by atoms with E-state index in [0.717, 1.165) is 29.1 Å². The molecule has 108 valence electrons. The summed E-state index contributed by atoms with van der Waals surface area (Å²) in [5, 5.41) is 8.19. The van der Waals surface area contributed by atoms with Crippen LogP contribution in [0.3, 0.4) is 0 Å². The van der Waals surface area contributed by atoms with Crippen LogP contribution in [0.15, 0.2) is 6.33 Å². The molecule has 1 N–H and O–H groups in total. The van der Waals surface area contributed by atoms with Gasteiger partial charge in [-0.1, -0.05) is 25.7 Å². The standard InChI is InChI=1S/C15H23N5/c1-3-20-14-13(11(2)19-20)16-10-17-15(14)18-12-8-6-4-5-7-9-12/h10,12H,3-9H2,1-2H3,(H,16,17,18). The molecule has 1 aliphatic carbocycles. The van der Waals surface area contributed by atoms with Crippen molar-refractivity contribution in [3.8, 4) is 0 Å². The fraction of sp³-hybridized carbons (Fsp3) is 0.667. The van der Waals surface area contributed by atoms with Crippen LogP contribution in [0.25, 0.3) is 11.0 Å². The molecule has 0 aromatic carbocycles. The van der Waals surface area contributed by atoms with Gasteiger partial charge in [0.25, 0.3) is 0 Å². The van der Waals surface area contributed by atoms with E-state index in [2.05, 4.69) is 27.3 Å². The normalized spacial score (nSPS) is 17.3. The van der Waals surface area contributed by atoms with Gasteiger partial charge in [-0.05, 0) is 26.7 Å². The fourth-order valence-corrected chi connectivity index (χ4v) is 3.12. The van der Waals surface area contributed by atoms with Crippen molar-refractivity contribution in [1.82, 2.24) is 19.7 Å². The zero-order valence-corrected chi connectivity index (χ0v) is 12.4. The van der Waals surface area contributed by atoms with Crippen LogP contribution >= 0.6 is 0 Å². The lowest BCUT2D eigenvalue weighted by Crippen LogP contribution is -2.20. The first-order valence-electron chi connectivity index (χ1n) is 7.74. The Kier molecular flexibility index (Phi) is 3.85. The lowest BCUT2D eigenvalue weighted by Gasteiger charge is -2.17. The summed E-state index contributed by atoms with van der Waals surface area (Å²) < 4.78 is 2.00. The number of nitrogens with zero attached hydrogens (tertiary/aromatic N) is 4. The van der Waals surface area contributed by atoms with Gasteiger partial charge >= 0.3 is 0 Å². The predicted molar refractivity (Wildman–Crippen MR) is 80.8 cm³/mol. The molecule has 2 aromatic rings. The summed E-state index contributed by atoms with van der Waals surface area (Å²) in [5.41, 5.74) is 3.00. The van der Waals surface area contributed by atoms with Gasteiger partial charge in [0.15, 0.2) is 5.82 Å². The van der Waals surface area contributed by atoms with Gasteiger partial charge in [-0.25, -0.2) is 9.97 Å². The monoisotopic (exact) mass is 273 g/mol. The first-order chi connectivity index (χ1) is 9.79. The molecule has 0 saturated heterocycles. The molecule has 2 aromatic heterocycles. The molecule has 0 atom stereocenters. The number of hydrogen-bond donors (Lipinski definition) is 1. The Labute approximate surface area is 119 Å². The molecule has 0 spiro atoms. The number of aryl methyl sites for hydroxylation is 2. The highest BCUT2D eigenvalue weighted by atomic mass is 15.3. The number of anilines is 1. The third-order valence-corrected chi connectivity index (χ3v) is 4.19. The van der Waals surface area contributed by atoms with Crippen molar-refractivity contribution < 1.29 is 0 Å². The smallest absolute Gasteiger partial charge is 0.155 e. The number of aromatic nitrogens is 4. The van der Waals surface area contributed by atoms with E-state index in [1.54, 1.807) is 6.33 Å². The summed E-state index contributed by atoms with van der Waals surface area (Å²) in [6, 6.07) is 0.538. The van der Waals surface area contributed by atoms with E-state index < -0.39 is 0 Å². The molecule has 5 nitrogen and oxygen atoms in total. The zero-order valence-electron chi connectivity index (χ0n) is 12.4. The third kappa shape index (κ3) is 2.49. The van der Waals surface area contributed by atoms with Gasteiger partial charge in [0.2, 0.25) is 0 Å². The second-order valence-electron chi connectivity index (χ2n) is 5.65. The highest BCUT2D eigenvalue weighted by Crippen LogP contribution is 2.25. The Balaban J connectivity index is 1.94. The Morgan fingerprint density at radius 2 is 1.95 bits per heavy atom. The quantitative estimate of drug-likeness (QED) is 0.872. The van der Waals surface area contributed by atoms with Crippen LogP contribution in [0, 0.1) is 6.92 Å². The van der Waals surface area contributed by atoms with Gasteiger partial charge < -0.3 is 5.32 Å². The summed E-state index contributed by atoms with van der Waals surface area (Å²) in [6.07, 6.45) is 9.49. The highest BCUT2D eigenvalue weighted by Gasteiger charge is 2.17. The first-order valence-corrected chi connectivity index (χ1v) is 7.74. The highest BCUT2D eigenvalue weighted by molar-refractivity contribution is 5.87. The van der Waals surface area contributed by atoms with Gasteiger partial charge in [0, 0.05) is 12.6 Å². The predicted octanol–water partition coefficient (Wildman–Crippen LogP) is 3.29. The number of rotatable bonds is 3. The van der Waals surface area contributed by atoms with E-state index in [9.17, 15) is 0 Å². The Morgan fingerprint density at radius 3 is 2.65 bits per heavy atom. The van der Waals surface area contributed by atoms with Crippen LogP contribution in [0.1, 0.15) is 51.1 Å². The number of hydrogen-bond acceptors (Lipinski definition) is 4.